The van der Waals surface area contributed by atoms with Crippen LogP contribution in [0.5, 0.6) is 0 Å². The highest BCUT2D eigenvalue weighted by molar-refractivity contribution is 6.22. The van der Waals surface area contributed by atoms with Crippen LogP contribution in [0.2, 0.25) is 0 Å². The molecule has 0 saturated heterocycles. The zero-order valence-corrected chi connectivity index (χ0v) is 6.58. The lowest BCUT2D eigenvalue weighted by Crippen LogP contribution is -1.86. The Bertz CT molecular complexity index is 64.6. The highest BCUT2D eigenvalue weighted by Gasteiger charge is 1.88. The van der Waals surface area contributed by atoms with E-state index >= 15 is 0 Å². The predicted molar refractivity (Wildman–Crippen MR) is 39.8 cm³/mol. The number of hydrogen-bond acceptors (Lipinski definition) is 0. The van der Waals surface area contributed by atoms with E-state index in [4.69, 9.17) is 23.2 Å². The van der Waals surface area contributed by atoms with Crippen molar-refractivity contribution in [3.63, 3.8) is 0 Å². The van der Waals surface area contributed by atoms with Crippen molar-refractivity contribution in [1.29, 1.82) is 0 Å². The van der Waals surface area contributed by atoms with Gasteiger partial charge in [0.15, 0.2) is 0 Å². The van der Waals surface area contributed by atoms with Crippen molar-refractivity contribution in [2.24, 2.45) is 0 Å². The molecule has 2 heteroatoms. The zero-order valence-electron chi connectivity index (χ0n) is 5.07. The average Bonchev–Trinajstić information content (AvgIpc) is 1.61. The van der Waals surface area contributed by atoms with Crippen LogP contribution in [0.1, 0.15) is 13.8 Å². The summed E-state index contributed by atoms with van der Waals surface area (Å²) in [7, 11) is 0. The monoisotopic (exact) mass is 152 g/mol. The summed E-state index contributed by atoms with van der Waals surface area (Å²) in [6.07, 6.45) is 3.75. The summed E-state index contributed by atoms with van der Waals surface area (Å²) in [6.45, 7) is 3.80. The van der Waals surface area contributed by atoms with Crippen LogP contribution < -0.4 is 0 Å². The van der Waals surface area contributed by atoms with Crippen molar-refractivity contribution in [1.82, 2.24) is 0 Å². The molecule has 0 spiro atoms. The maximum atomic E-state index is 5.58. The Morgan fingerprint density at radius 2 is 1.25 bits per heavy atom. The van der Waals surface area contributed by atoms with Gasteiger partial charge in [-0.15, -0.1) is 23.2 Å². The van der Waals surface area contributed by atoms with Crippen LogP contribution >= 0.6 is 23.2 Å². The van der Waals surface area contributed by atoms with E-state index in [1.165, 1.54) is 0 Å². The van der Waals surface area contributed by atoms with E-state index in [9.17, 15) is 0 Å². The molecule has 0 saturated carbocycles. The van der Waals surface area contributed by atoms with Gasteiger partial charge in [0.1, 0.15) is 0 Å². The van der Waals surface area contributed by atoms with Crippen LogP contribution in [0.15, 0.2) is 12.2 Å². The molecular weight excluding hydrogens is 143 g/mol. The van der Waals surface area contributed by atoms with Gasteiger partial charge in [0, 0.05) is 10.8 Å². The smallest absolute Gasteiger partial charge is 0.0488 e. The van der Waals surface area contributed by atoms with E-state index < -0.39 is 0 Å². The van der Waals surface area contributed by atoms with Gasteiger partial charge in [0.25, 0.3) is 0 Å². The maximum Gasteiger partial charge on any atom is 0.0488 e. The molecule has 0 N–H and O–H groups in total. The zero-order chi connectivity index (χ0) is 6.57. The molecule has 0 aliphatic heterocycles. The topological polar surface area (TPSA) is 0 Å². The van der Waals surface area contributed by atoms with Crippen molar-refractivity contribution >= 4 is 23.2 Å². The van der Waals surface area contributed by atoms with Gasteiger partial charge < -0.3 is 0 Å². The highest BCUT2D eigenvalue weighted by Crippen LogP contribution is 2.00. The van der Waals surface area contributed by atoms with E-state index in [0.29, 0.717) is 0 Å². The molecule has 0 aliphatic carbocycles. The molecule has 0 radical (unpaired) electrons. The summed E-state index contributed by atoms with van der Waals surface area (Å²) in [5.41, 5.74) is 0. The molecule has 0 aliphatic rings. The molecule has 0 heterocycles. The molecule has 48 valence electrons. The summed E-state index contributed by atoms with van der Waals surface area (Å²) in [6, 6.07) is 0. The number of rotatable bonds is 2. The lowest BCUT2D eigenvalue weighted by atomic mass is 10.3. The van der Waals surface area contributed by atoms with Crippen molar-refractivity contribution in [2.45, 2.75) is 24.6 Å². The number of alkyl halides is 2. The second kappa shape index (κ2) is 4.22. The first-order valence-electron chi connectivity index (χ1n) is 2.59. The van der Waals surface area contributed by atoms with Crippen molar-refractivity contribution in [3.8, 4) is 0 Å². The van der Waals surface area contributed by atoms with Gasteiger partial charge in [0.05, 0.1) is 0 Å². The molecule has 2 unspecified atom stereocenters. The lowest BCUT2D eigenvalue weighted by molar-refractivity contribution is 1.16. The van der Waals surface area contributed by atoms with Crippen LogP contribution in [0.3, 0.4) is 0 Å². The minimum absolute atomic E-state index is 0.0937. The van der Waals surface area contributed by atoms with Gasteiger partial charge in [-0.25, -0.2) is 0 Å². The summed E-state index contributed by atoms with van der Waals surface area (Å²) in [5.74, 6) is 0. The van der Waals surface area contributed by atoms with Gasteiger partial charge >= 0.3 is 0 Å². The molecule has 0 aromatic rings. The molecule has 0 fully saturated rings. The highest BCUT2D eigenvalue weighted by atomic mass is 35.5. The van der Waals surface area contributed by atoms with Crippen LogP contribution in [-0.2, 0) is 0 Å². The molecule has 0 nitrogen and oxygen atoms in total. The average molecular weight is 153 g/mol. The first-order valence-corrected chi connectivity index (χ1v) is 3.46. The largest absolute Gasteiger partial charge is 0.119 e. The van der Waals surface area contributed by atoms with Gasteiger partial charge in [-0.3, -0.25) is 0 Å². The Labute approximate surface area is 60.5 Å². The van der Waals surface area contributed by atoms with E-state index in [2.05, 4.69) is 0 Å². The van der Waals surface area contributed by atoms with Gasteiger partial charge in [0.2, 0.25) is 0 Å². The lowest BCUT2D eigenvalue weighted by Gasteiger charge is -1.92. The Kier molecular flexibility index (Phi) is 4.39. The molecule has 0 aromatic carbocycles. The Balaban J connectivity index is 3.34. The maximum absolute atomic E-state index is 5.58. The predicted octanol–water partition coefficient (Wildman–Crippen LogP) is 2.80. The summed E-state index contributed by atoms with van der Waals surface area (Å²) >= 11 is 11.2. The summed E-state index contributed by atoms with van der Waals surface area (Å²) in [4.78, 5) is 0. The van der Waals surface area contributed by atoms with Crippen molar-refractivity contribution in [3.05, 3.63) is 12.2 Å². The second-order valence-corrected chi connectivity index (χ2v) is 3.12. The Hall–Kier alpha value is 0.320. The van der Waals surface area contributed by atoms with Crippen molar-refractivity contribution in [2.75, 3.05) is 0 Å². The Morgan fingerprint density at radius 3 is 1.38 bits per heavy atom. The minimum atomic E-state index is 0.0937. The third-order valence-corrected chi connectivity index (χ3v) is 0.932. The van der Waals surface area contributed by atoms with Gasteiger partial charge in [-0.1, -0.05) is 12.2 Å². The van der Waals surface area contributed by atoms with Gasteiger partial charge in [-0.05, 0) is 13.8 Å². The van der Waals surface area contributed by atoms with E-state index in [1.807, 2.05) is 26.0 Å². The molecule has 0 bridgehead atoms. The molecular formula is C6H10Cl2. The SMILES string of the molecule is CC(Cl)/C=C/C(C)Cl. The Morgan fingerprint density at radius 1 is 1.00 bits per heavy atom. The fraction of sp³-hybridized carbons (Fsp3) is 0.667. The quantitative estimate of drug-likeness (QED) is 0.422. The van der Waals surface area contributed by atoms with Gasteiger partial charge in [-0.2, -0.15) is 0 Å². The van der Waals surface area contributed by atoms with Crippen LogP contribution in [-0.4, -0.2) is 10.8 Å². The minimum Gasteiger partial charge on any atom is -0.119 e. The standard InChI is InChI=1S/C6H10Cl2/c1-5(7)3-4-6(2)8/h3-6H,1-2H3/b4-3+. The molecule has 0 rings (SSSR count). The molecule has 8 heavy (non-hydrogen) atoms. The summed E-state index contributed by atoms with van der Waals surface area (Å²) in [5, 5.41) is 0.187. The van der Waals surface area contributed by atoms with Crippen molar-refractivity contribution < 1.29 is 0 Å². The fourth-order valence-corrected chi connectivity index (χ4v) is 0.474. The van der Waals surface area contributed by atoms with E-state index in [-0.39, 0.29) is 10.8 Å². The fourth-order valence-electron chi connectivity index (χ4n) is 0.306. The molecule has 0 aromatic heterocycles. The van der Waals surface area contributed by atoms with Crippen LogP contribution in [0, 0.1) is 0 Å². The number of halogens is 2. The number of allylic oxidation sites excluding steroid dienone is 2. The summed E-state index contributed by atoms with van der Waals surface area (Å²) < 4.78 is 0. The van der Waals surface area contributed by atoms with Crippen LogP contribution in [0.4, 0.5) is 0 Å². The third-order valence-electron chi connectivity index (χ3n) is 0.641. The molecule has 0 amide bonds. The third kappa shape index (κ3) is 6.32. The van der Waals surface area contributed by atoms with Crippen LogP contribution in [0.25, 0.3) is 0 Å². The number of hydrogen-bond donors (Lipinski definition) is 0. The van der Waals surface area contributed by atoms with E-state index in [0.717, 1.165) is 0 Å². The second-order valence-electron chi connectivity index (χ2n) is 1.74. The van der Waals surface area contributed by atoms with E-state index in [1.54, 1.807) is 0 Å². The molecule has 2 atom stereocenters. The first kappa shape index (κ1) is 8.32. The normalized spacial score (nSPS) is 19.0. The first-order chi connectivity index (χ1) is 3.63.